The van der Waals surface area contributed by atoms with E-state index in [4.69, 9.17) is 4.74 Å². The summed E-state index contributed by atoms with van der Waals surface area (Å²) in [5.74, 6) is 0.0410. The van der Waals surface area contributed by atoms with Crippen LogP contribution in [0.2, 0.25) is 0 Å². The number of ketones is 1. The number of Topliss-reactive ketones (excluding diaryl/α,β-unsaturated/α-hetero) is 1. The summed E-state index contributed by atoms with van der Waals surface area (Å²) in [4.78, 5) is 22.2. The molecule has 132 valence electrons. The zero-order valence-electron chi connectivity index (χ0n) is 13.6. The summed E-state index contributed by atoms with van der Waals surface area (Å²) in [5, 5.41) is 10.6. The molecule has 2 rings (SSSR count). The van der Waals surface area contributed by atoms with Crippen molar-refractivity contribution >= 4 is 27.2 Å². The molecule has 0 spiro atoms. The largest absolute Gasteiger partial charge is 0.485 e. The Hall–Kier alpha value is -2.94. The monoisotopic (exact) mass is 364 g/mol. The van der Waals surface area contributed by atoms with Crippen molar-refractivity contribution in [2.24, 2.45) is 0 Å². The van der Waals surface area contributed by atoms with Gasteiger partial charge in [-0.3, -0.25) is 19.2 Å². The predicted octanol–water partition coefficient (Wildman–Crippen LogP) is 2.25. The molecule has 0 aromatic heterocycles. The Bertz CT molecular complexity index is 876. The quantitative estimate of drug-likeness (QED) is 0.424. The minimum Gasteiger partial charge on any atom is -0.485 e. The first-order valence-electron chi connectivity index (χ1n) is 7.13. The molecule has 0 heterocycles. The van der Waals surface area contributed by atoms with Crippen LogP contribution in [-0.2, 0) is 10.0 Å². The standard InChI is InChI=1S/C16H16N2O6S/c1-17(25(2,22)23)13-5-3-12(4-6-13)16(19)11-24-15-9-7-14(8-10-15)18(20)21/h3-10H,11H2,1-2H3. The summed E-state index contributed by atoms with van der Waals surface area (Å²) < 4.78 is 29.4. The van der Waals surface area contributed by atoms with Gasteiger partial charge in [-0.15, -0.1) is 0 Å². The summed E-state index contributed by atoms with van der Waals surface area (Å²) in [7, 11) is -1.95. The Morgan fingerprint density at radius 2 is 1.68 bits per heavy atom. The van der Waals surface area contributed by atoms with Gasteiger partial charge >= 0.3 is 0 Å². The highest BCUT2D eigenvalue weighted by molar-refractivity contribution is 7.92. The van der Waals surface area contributed by atoms with Gasteiger partial charge in [0.2, 0.25) is 10.0 Å². The Morgan fingerprint density at radius 1 is 1.12 bits per heavy atom. The maximum atomic E-state index is 12.1. The van der Waals surface area contributed by atoms with E-state index in [-0.39, 0.29) is 18.1 Å². The van der Waals surface area contributed by atoms with Crippen molar-refractivity contribution in [1.82, 2.24) is 0 Å². The normalized spacial score (nSPS) is 11.0. The number of rotatable bonds is 7. The first-order chi connectivity index (χ1) is 11.7. The Balaban J connectivity index is 2.00. The number of hydrogen-bond donors (Lipinski definition) is 0. The second kappa shape index (κ2) is 7.31. The van der Waals surface area contributed by atoms with E-state index in [9.17, 15) is 23.3 Å². The number of non-ortho nitro benzene ring substituents is 1. The van der Waals surface area contributed by atoms with Crippen LogP contribution < -0.4 is 9.04 Å². The van der Waals surface area contributed by atoms with E-state index in [0.717, 1.165) is 10.6 Å². The predicted molar refractivity (Wildman–Crippen MR) is 92.6 cm³/mol. The van der Waals surface area contributed by atoms with E-state index < -0.39 is 14.9 Å². The van der Waals surface area contributed by atoms with Gasteiger partial charge in [-0.1, -0.05) is 0 Å². The molecule has 0 aliphatic rings. The van der Waals surface area contributed by atoms with Crippen molar-refractivity contribution in [3.63, 3.8) is 0 Å². The third kappa shape index (κ3) is 4.77. The zero-order chi connectivity index (χ0) is 18.6. The Kier molecular flexibility index (Phi) is 5.38. The summed E-state index contributed by atoms with van der Waals surface area (Å²) in [6.45, 7) is -0.237. The molecule has 0 fully saturated rings. The third-order valence-electron chi connectivity index (χ3n) is 3.47. The van der Waals surface area contributed by atoms with Crippen LogP contribution in [-0.4, -0.2) is 39.0 Å². The lowest BCUT2D eigenvalue weighted by Crippen LogP contribution is -2.24. The summed E-state index contributed by atoms with van der Waals surface area (Å²) >= 11 is 0. The first-order valence-corrected chi connectivity index (χ1v) is 8.98. The van der Waals surface area contributed by atoms with Gasteiger partial charge in [0.25, 0.3) is 5.69 Å². The van der Waals surface area contributed by atoms with Crippen molar-refractivity contribution in [2.75, 3.05) is 24.2 Å². The summed E-state index contributed by atoms with van der Waals surface area (Å²) in [6, 6.07) is 11.5. The summed E-state index contributed by atoms with van der Waals surface area (Å²) in [5.41, 5.74) is 0.743. The lowest BCUT2D eigenvalue weighted by Gasteiger charge is -2.16. The highest BCUT2D eigenvalue weighted by Crippen LogP contribution is 2.19. The van der Waals surface area contributed by atoms with E-state index in [1.807, 2.05) is 0 Å². The molecule has 0 aliphatic carbocycles. The van der Waals surface area contributed by atoms with Crippen LogP contribution in [0.3, 0.4) is 0 Å². The van der Waals surface area contributed by atoms with Gasteiger partial charge in [0.05, 0.1) is 16.9 Å². The van der Waals surface area contributed by atoms with Crippen LogP contribution in [0.4, 0.5) is 11.4 Å². The molecule has 2 aromatic rings. The fourth-order valence-corrected chi connectivity index (χ4v) is 2.45. The van der Waals surface area contributed by atoms with Crippen LogP contribution in [0.15, 0.2) is 48.5 Å². The number of carbonyl (C=O) groups is 1. The average molecular weight is 364 g/mol. The van der Waals surface area contributed by atoms with Gasteiger partial charge in [0.1, 0.15) is 5.75 Å². The van der Waals surface area contributed by atoms with Crippen molar-refractivity contribution in [3.8, 4) is 5.75 Å². The Labute approximate surface area is 144 Å². The van der Waals surface area contributed by atoms with Crippen molar-refractivity contribution in [1.29, 1.82) is 0 Å². The molecule has 0 aliphatic heterocycles. The number of nitro benzene ring substituents is 1. The molecule has 0 radical (unpaired) electrons. The highest BCUT2D eigenvalue weighted by Gasteiger charge is 2.13. The van der Waals surface area contributed by atoms with Gasteiger partial charge in [-0.25, -0.2) is 8.42 Å². The Morgan fingerprint density at radius 3 is 2.16 bits per heavy atom. The van der Waals surface area contributed by atoms with Crippen LogP contribution in [0.25, 0.3) is 0 Å². The van der Waals surface area contributed by atoms with Crippen LogP contribution in [0.1, 0.15) is 10.4 Å². The number of anilines is 1. The number of nitrogens with zero attached hydrogens (tertiary/aromatic N) is 2. The lowest BCUT2D eigenvalue weighted by atomic mass is 10.1. The number of benzene rings is 2. The molecule has 9 heteroatoms. The minimum atomic E-state index is -3.37. The number of hydrogen-bond acceptors (Lipinski definition) is 6. The number of carbonyl (C=O) groups excluding carboxylic acids is 1. The maximum Gasteiger partial charge on any atom is 0.269 e. The fraction of sp³-hybridized carbons (Fsp3) is 0.188. The molecule has 2 aromatic carbocycles. The molecule has 0 bridgehead atoms. The van der Waals surface area contributed by atoms with Crippen LogP contribution in [0.5, 0.6) is 5.75 Å². The average Bonchev–Trinajstić information content (AvgIpc) is 2.58. The zero-order valence-corrected chi connectivity index (χ0v) is 14.4. The molecule has 8 nitrogen and oxygen atoms in total. The number of sulfonamides is 1. The SMILES string of the molecule is CN(c1ccc(C(=O)COc2ccc([N+](=O)[O-])cc2)cc1)S(C)(=O)=O. The molecule has 25 heavy (non-hydrogen) atoms. The maximum absolute atomic E-state index is 12.1. The molecule has 0 unspecified atom stereocenters. The topological polar surface area (TPSA) is 107 Å². The van der Waals surface area contributed by atoms with Gasteiger partial charge in [0, 0.05) is 24.7 Å². The van der Waals surface area contributed by atoms with Crippen molar-refractivity contribution < 1.29 is 22.9 Å². The van der Waals surface area contributed by atoms with Crippen LogP contribution >= 0.6 is 0 Å². The van der Waals surface area contributed by atoms with Gasteiger partial charge in [-0.2, -0.15) is 0 Å². The summed E-state index contributed by atoms with van der Waals surface area (Å²) in [6.07, 6.45) is 1.09. The van der Waals surface area contributed by atoms with Crippen molar-refractivity contribution in [3.05, 3.63) is 64.2 Å². The molecule has 0 saturated heterocycles. The molecular formula is C16H16N2O6S. The number of ether oxygens (including phenoxy) is 1. The van der Waals surface area contributed by atoms with Gasteiger partial charge in [0.15, 0.2) is 12.4 Å². The van der Waals surface area contributed by atoms with E-state index in [1.54, 1.807) is 0 Å². The molecular weight excluding hydrogens is 348 g/mol. The molecule has 0 N–H and O–H groups in total. The van der Waals surface area contributed by atoms with E-state index in [2.05, 4.69) is 0 Å². The van der Waals surface area contributed by atoms with Crippen molar-refractivity contribution in [2.45, 2.75) is 0 Å². The van der Waals surface area contributed by atoms with Gasteiger partial charge in [-0.05, 0) is 36.4 Å². The lowest BCUT2D eigenvalue weighted by molar-refractivity contribution is -0.384. The molecule has 0 saturated carbocycles. The molecule has 0 atom stereocenters. The van der Waals surface area contributed by atoms with Gasteiger partial charge < -0.3 is 4.74 Å². The van der Waals surface area contributed by atoms with E-state index in [1.165, 1.54) is 55.6 Å². The smallest absolute Gasteiger partial charge is 0.269 e. The molecule has 0 amide bonds. The van der Waals surface area contributed by atoms with E-state index in [0.29, 0.717) is 17.0 Å². The fourth-order valence-electron chi connectivity index (χ4n) is 1.95. The van der Waals surface area contributed by atoms with Crippen LogP contribution in [0, 0.1) is 10.1 Å². The first kappa shape index (κ1) is 18.4. The number of nitro groups is 1. The second-order valence-electron chi connectivity index (χ2n) is 5.24. The third-order valence-corrected chi connectivity index (χ3v) is 4.67. The minimum absolute atomic E-state index is 0.0655. The van der Waals surface area contributed by atoms with E-state index >= 15 is 0 Å². The second-order valence-corrected chi connectivity index (χ2v) is 7.25. The highest BCUT2D eigenvalue weighted by atomic mass is 32.2.